The Morgan fingerprint density at radius 3 is 2.19 bits per heavy atom. The smallest absolute Gasteiger partial charge is 0.338 e. The van der Waals surface area contributed by atoms with Crippen molar-refractivity contribution in [2.75, 3.05) is 14.1 Å². The molecule has 1 fully saturated rings. The van der Waals surface area contributed by atoms with Crippen molar-refractivity contribution in [2.45, 2.75) is 44.2 Å². The molecule has 2 aromatic carbocycles. The van der Waals surface area contributed by atoms with E-state index >= 15 is 0 Å². The van der Waals surface area contributed by atoms with Crippen LogP contribution in [0.2, 0.25) is 5.02 Å². The third-order valence-electron chi connectivity index (χ3n) is 4.98. The first-order valence-electron chi connectivity index (χ1n) is 9.21. The minimum absolute atomic E-state index is 0.0162. The minimum Gasteiger partial charge on any atom is -0.459 e. The molecule has 0 heterocycles. The zero-order valence-corrected chi connectivity index (χ0v) is 16.2. The number of ether oxygens (including phenoxy) is 1. The second-order valence-electron chi connectivity index (χ2n) is 7.37. The molecule has 0 aromatic heterocycles. The maximum Gasteiger partial charge on any atom is 0.338 e. The molecule has 26 heavy (non-hydrogen) atoms. The van der Waals surface area contributed by atoms with E-state index < -0.39 is 0 Å². The number of carbonyl (C=O) groups is 1. The molecule has 3 rings (SSSR count). The number of nitrogens with zero attached hydrogens (tertiary/aromatic N) is 1. The van der Waals surface area contributed by atoms with Gasteiger partial charge in [0.2, 0.25) is 0 Å². The molecule has 1 aliphatic carbocycles. The highest BCUT2D eigenvalue weighted by Crippen LogP contribution is 2.34. The van der Waals surface area contributed by atoms with Crippen LogP contribution in [0.3, 0.4) is 0 Å². The molecule has 3 nitrogen and oxygen atoms in total. The molecule has 1 saturated carbocycles. The van der Waals surface area contributed by atoms with E-state index in [1.807, 2.05) is 0 Å². The van der Waals surface area contributed by atoms with Crippen molar-refractivity contribution in [1.82, 2.24) is 4.90 Å². The zero-order valence-electron chi connectivity index (χ0n) is 15.5. The predicted octanol–water partition coefficient (Wildman–Crippen LogP) is 5.28. The number of halogens is 1. The average molecular weight is 372 g/mol. The zero-order chi connectivity index (χ0) is 18.5. The van der Waals surface area contributed by atoms with Crippen LogP contribution in [0.15, 0.2) is 48.5 Å². The molecule has 0 amide bonds. The molecule has 0 radical (unpaired) electrons. The van der Waals surface area contributed by atoms with Crippen molar-refractivity contribution in [3.63, 3.8) is 0 Å². The fraction of sp³-hybridized carbons (Fsp3) is 0.409. The van der Waals surface area contributed by atoms with E-state index in [0.717, 1.165) is 32.2 Å². The summed E-state index contributed by atoms with van der Waals surface area (Å²) >= 11 is 5.86. The molecule has 4 heteroatoms. The van der Waals surface area contributed by atoms with Crippen LogP contribution in [0, 0.1) is 0 Å². The molecule has 0 spiro atoms. The molecule has 138 valence electrons. The van der Waals surface area contributed by atoms with Gasteiger partial charge >= 0.3 is 5.97 Å². The maximum atomic E-state index is 12.2. The summed E-state index contributed by atoms with van der Waals surface area (Å²) in [5.74, 6) is 0.312. The first-order chi connectivity index (χ1) is 12.5. The monoisotopic (exact) mass is 371 g/mol. The molecule has 0 atom stereocenters. The summed E-state index contributed by atoms with van der Waals surface area (Å²) in [4.78, 5) is 14.4. The van der Waals surface area contributed by atoms with Crippen molar-refractivity contribution in [1.29, 1.82) is 0 Å². The molecule has 0 N–H and O–H groups in total. The van der Waals surface area contributed by atoms with E-state index in [9.17, 15) is 4.79 Å². The Morgan fingerprint density at radius 1 is 1.00 bits per heavy atom. The molecule has 0 unspecified atom stereocenters. The second kappa shape index (κ2) is 8.70. The molecule has 2 aromatic rings. The first kappa shape index (κ1) is 18.9. The lowest BCUT2D eigenvalue weighted by molar-refractivity contribution is 0.0195. The summed E-state index contributed by atoms with van der Waals surface area (Å²) in [6.45, 7) is 0.966. The van der Waals surface area contributed by atoms with Crippen LogP contribution < -0.4 is 0 Å². The number of hydrogen-bond donors (Lipinski definition) is 0. The highest BCUT2D eigenvalue weighted by Gasteiger charge is 2.25. The highest BCUT2D eigenvalue weighted by atomic mass is 35.5. The Labute approximate surface area is 160 Å². The fourth-order valence-electron chi connectivity index (χ4n) is 3.58. The quantitative estimate of drug-likeness (QED) is 0.669. The molecule has 0 saturated heterocycles. The minimum atomic E-state index is -0.252. The van der Waals surface area contributed by atoms with Gasteiger partial charge in [0.05, 0.1) is 5.56 Å². The Hall–Kier alpha value is -1.84. The fourth-order valence-corrected chi connectivity index (χ4v) is 3.71. The van der Waals surface area contributed by atoms with E-state index in [1.165, 1.54) is 11.1 Å². The Balaban J connectivity index is 1.51. The van der Waals surface area contributed by atoms with Crippen molar-refractivity contribution in [3.8, 4) is 0 Å². The highest BCUT2D eigenvalue weighted by molar-refractivity contribution is 6.30. The van der Waals surface area contributed by atoms with E-state index in [2.05, 4.69) is 43.3 Å². The van der Waals surface area contributed by atoms with Crippen molar-refractivity contribution < 1.29 is 9.53 Å². The van der Waals surface area contributed by atoms with Gasteiger partial charge in [-0.15, -0.1) is 0 Å². The molecular weight excluding hydrogens is 346 g/mol. The van der Waals surface area contributed by atoms with Crippen LogP contribution in [-0.4, -0.2) is 31.1 Å². The summed E-state index contributed by atoms with van der Waals surface area (Å²) in [6, 6.07) is 15.8. The number of hydrogen-bond acceptors (Lipinski definition) is 3. The van der Waals surface area contributed by atoms with Gasteiger partial charge in [0, 0.05) is 11.6 Å². The standard InChI is InChI=1S/C22H26ClNO2/c1-24(2)15-16-3-5-17(6-4-16)18-9-13-21(14-10-18)26-22(25)19-7-11-20(23)12-8-19/h3-8,11-12,18,21H,9-10,13-15H2,1-2H3/t18-,21-. The second-order valence-corrected chi connectivity index (χ2v) is 7.80. The van der Waals surface area contributed by atoms with Crippen molar-refractivity contribution >= 4 is 17.6 Å². The van der Waals surface area contributed by atoms with Gasteiger partial charge in [-0.25, -0.2) is 4.79 Å². The van der Waals surface area contributed by atoms with E-state index in [4.69, 9.17) is 16.3 Å². The normalized spacial score (nSPS) is 20.2. The lowest BCUT2D eigenvalue weighted by Crippen LogP contribution is -2.24. The summed E-state index contributed by atoms with van der Waals surface area (Å²) in [6.07, 6.45) is 3.98. The predicted molar refractivity (Wildman–Crippen MR) is 106 cm³/mol. The Bertz CT molecular complexity index is 717. The summed E-state index contributed by atoms with van der Waals surface area (Å²) in [7, 11) is 4.17. The summed E-state index contributed by atoms with van der Waals surface area (Å²) < 4.78 is 5.68. The van der Waals surface area contributed by atoms with Crippen LogP contribution in [0.25, 0.3) is 0 Å². The molecule has 0 bridgehead atoms. The third kappa shape index (κ3) is 5.09. The number of rotatable bonds is 5. The van der Waals surface area contributed by atoms with Crippen LogP contribution >= 0.6 is 11.6 Å². The van der Waals surface area contributed by atoms with E-state index in [1.54, 1.807) is 24.3 Å². The lowest BCUT2D eigenvalue weighted by atomic mass is 9.82. The maximum absolute atomic E-state index is 12.2. The van der Waals surface area contributed by atoms with Gasteiger partial charge < -0.3 is 9.64 Å². The van der Waals surface area contributed by atoms with Crippen LogP contribution in [0.4, 0.5) is 0 Å². The van der Waals surface area contributed by atoms with Gasteiger partial charge in [0.15, 0.2) is 0 Å². The largest absolute Gasteiger partial charge is 0.459 e. The SMILES string of the molecule is CN(C)Cc1ccc([C@H]2CC[C@H](OC(=O)c3ccc(Cl)cc3)CC2)cc1. The van der Waals surface area contributed by atoms with Gasteiger partial charge in [0.1, 0.15) is 6.10 Å². The number of esters is 1. The van der Waals surface area contributed by atoms with Gasteiger partial charge in [0.25, 0.3) is 0 Å². The van der Waals surface area contributed by atoms with Crippen molar-refractivity contribution in [3.05, 3.63) is 70.2 Å². The third-order valence-corrected chi connectivity index (χ3v) is 5.23. The summed E-state index contributed by atoms with van der Waals surface area (Å²) in [5, 5.41) is 0.624. The average Bonchev–Trinajstić information content (AvgIpc) is 2.63. The number of benzene rings is 2. The van der Waals surface area contributed by atoms with Crippen LogP contribution in [0.5, 0.6) is 0 Å². The Morgan fingerprint density at radius 2 is 1.62 bits per heavy atom. The van der Waals surface area contributed by atoms with Gasteiger partial charge in [-0.3, -0.25) is 0 Å². The van der Waals surface area contributed by atoms with Crippen LogP contribution in [-0.2, 0) is 11.3 Å². The molecule has 1 aliphatic rings. The summed E-state index contributed by atoms with van der Waals surface area (Å²) in [5.41, 5.74) is 3.30. The lowest BCUT2D eigenvalue weighted by Gasteiger charge is -2.28. The Kier molecular flexibility index (Phi) is 6.33. The molecule has 0 aliphatic heterocycles. The van der Waals surface area contributed by atoms with Gasteiger partial charge in [-0.05, 0) is 81.1 Å². The van der Waals surface area contributed by atoms with Crippen molar-refractivity contribution in [2.24, 2.45) is 0 Å². The molecular formula is C22H26ClNO2. The van der Waals surface area contributed by atoms with E-state index in [0.29, 0.717) is 16.5 Å². The topological polar surface area (TPSA) is 29.5 Å². The van der Waals surface area contributed by atoms with E-state index in [-0.39, 0.29) is 12.1 Å². The van der Waals surface area contributed by atoms with Gasteiger partial charge in [-0.1, -0.05) is 35.9 Å². The van der Waals surface area contributed by atoms with Crippen LogP contribution in [0.1, 0.15) is 53.1 Å². The van der Waals surface area contributed by atoms with Gasteiger partial charge in [-0.2, -0.15) is 0 Å². The number of carbonyl (C=O) groups excluding carboxylic acids is 1. The first-order valence-corrected chi connectivity index (χ1v) is 9.59.